The zero-order valence-corrected chi connectivity index (χ0v) is 23.1. The number of rotatable bonds is 4. The van der Waals surface area contributed by atoms with Gasteiger partial charge in [0.25, 0.3) is 11.5 Å². The first-order chi connectivity index (χ1) is 19.9. The van der Waals surface area contributed by atoms with Gasteiger partial charge in [0.1, 0.15) is 11.4 Å². The number of nitrogens with zero attached hydrogens (tertiary/aromatic N) is 4. The van der Waals surface area contributed by atoms with Crippen molar-refractivity contribution in [3.8, 4) is 17.5 Å². The number of nitrogen functional groups attached to an aromatic ring is 1. The molecule has 0 unspecified atom stereocenters. The molecule has 200 valence electrons. The summed E-state index contributed by atoms with van der Waals surface area (Å²) in [6.45, 7) is 3.75. The summed E-state index contributed by atoms with van der Waals surface area (Å²) in [6.07, 6.45) is 4.99. The van der Waals surface area contributed by atoms with Crippen LogP contribution in [0, 0.1) is 18.8 Å². The molecule has 0 aliphatic heterocycles. The third-order valence-electron chi connectivity index (χ3n) is 6.75. The number of nitrogens with two attached hydrogens (primary N) is 1. The lowest BCUT2D eigenvalue weighted by molar-refractivity contribution is 0.0941. The van der Waals surface area contributed by atoms with Crippen LogP contribution in [0.2, 0.25) is 0 Å². The van der Waals surface area contributed by atoms with Crippen LogP contribution in [-0.4, -0.2) is 25.4 Å². The fourth-order valence-electron chi connectivity index (χ4n) is 4.85. The molecule has 1 atom stereocenters. The van der Waals surface area contributed by atoms with Crippen molar-refractivity contribution in [1.29, 1.82) is 0 Å². The second-order valence-corrected chi connectivity index (χ2v) is 10.5. The second kappa shape index (κ2) is 10.7. The van der Waals surface area contributed by atoms with Crippen molar-refractivity contribution >= 4 is 44.7 Å². The number of nitrogens with one attached hydrogen (secondary N) is 1. The smallest absolute Gasteiger partial charge is 0.264 e. The molecule has 4 heterocycles. The number of fused-ring (bicyclic) bond motifs is 2. The van der Waals surface area contributed by atoms with Gasteiger partial charge in [-0.3, -0.25) is 24.1 Å². The van der Waals surface area contributed by atoms with Crippen LogP contribution < -0.4 is 16.6 Å². The summed E-state index contributed by atoms with van der Waals surface area (Å²) in [5.41, 5.74) is 11.1. The van der Waals surface area contributed by atoms with Crippen LogP contribution in [-0.2, 0) is 0 Å². The molecule has 9 heteroatoms. The van der Waals surface area contributed by atoms with E-state index in [1.165, 1.54) is 11.3 Å². The SMILES string of the molecule is Cc1cnc2c(C(=O)N[C@@H](C)c3cc4cccc(C#Cc5cncs5)c4c(=O)n3-c3ccccc3)c(N)ncc2c1. The molecule has 0 aliphatic carbocycles. The van der Waals surface area contributed by atoms with E-state index in [-0.39, 0.29) is 16.9 Å². The number of thiazole rings is 1. The molecule has 8 nitrogen and oxygen atoms in total. The van der Waals surface area contributed by atoms with Crippen molar-refractivity contribution in [2.45, 2.75) is 19.9 Å². The number of aromatic nitrogens is 4. The monoisotopic (exact) mass is 556 g/mol. The van der Waals surface area contributed by atoms with Gasteiger partial charge in [-0.15, -0.1) is 11.3 Å². The molecule has 0 fully saturated rings. The lowest BCUT2D eigenvalue weighted by Gasteiger charge is -2.21. The first-order valence-electron chi connectivity index (χ1n) is 12.9. The van der Waals surface area contributed by atoms with Gasteiger partial charge in [0.15, 0.2) is 0 Å². The number of hydrogen-bond acceptors (Lipinski definition) is 7. The molecular formula is C32H24N6O2S. The highest BCUT2D eigenvalue weighted by atomic mass is 32.1. The van der Waals surface area contributed by atoms with E-state index >= 15 is 0 Å². The Morgan fingerprint density at radius 1 is 1.00 bits per heavy atom. The van der Waals surface area contributed by atoms with E-state index in [1.54, 1.807) is 28.7 Å². The van der Waals surface area contributed by atoms with E-state index < -0.39 is 11.9 Å². The predicted molar refractivity (Wildman–Crippen MR) is 162 cm³/mol. The summed E-state index contributed by atoms with van der Waals surface area (Å²) in [4.78, 5) is 41.4. The Balaban J connectivity index is 1.48. The van der Waals surface area contributed by atoms with E-state index in [4.69, 9.17) is 5.73 Å². The van der Waals surface area contributed by atoms with Crippen LogP contribution >= 0.6 is 11.3 Å². The zero-order valence-electron chi connectivity index (χ0n) is 22.3. The van der Waals surface area contributed by atoms with Crippen LogP contribution in [0.5, 0.6) is 0 Å². The van der Waals surface area contributed by atoms with E-state index in [0.29, 0.717) is 27.8 Å². The summed E-state index contributed by atoms with van der Waals surface area (Å²) in [5, 5.41) is 4.96. The van der Waals surface area contributed by atoms with Gasteiger partial charge in [0, 0.05) is 34.7 Å². The summed E-state index contributed by atoms with van der Waals surface area (Å²) in [5.74, 6) is 5.91. The molecule has 0 spiro atoms. The number of hydrogen-bond donors (Lipinski definition) is 2. The minimum Gasteiger partial charge on any atom is -0.383 e. The quantitative estimate of drug-likeness (QED) is 0.290. The first-order valence-corrected chi connectivity index (χ1v) is 13.7. The van der Waals surface area contributed by atoms with Gasteiger partial charge < -0.3 is 11.1 Å². The molecule has 6 aromatic rings. The fraction of sp³-hybridized carbons (Fsp3) is 0.0938. The molecule has 2 aromatic carbocycles. The van der Waals surface area contributed by atoms with Crippen LogP contribution in [0.1, 0.15) is 45.0 Å². The Hall–Kier alpha value is -5.33. The van der Waals surface area contributed by atoms with Crippen molar-refractivity contribution in [3.63, 3.8) is 0 Å². The van der Waals surface area contributed by atoms with Crippen LogP contribution in [0.4, 0.5) is 5.82 Å². The Bertz CT molecular complexity index is 2060. The van der Waals surface area contributed by atoms with Gasteiger partial charge >= 0.3 is 0 Å². The minimum absolute atomic E-state index is 0.0849. The summed E-state index contributed by atoms with van der Waals surface area (Å²) < 4.78 is 1.62. The van der Waals surface area contributed by atoms with Gasteiger partial charge in [0.05, 0.1) is 33.5 Å². The number of amides is 1. The molecule has 6 rings (SSSR count). The molecule has 0 bridgehead atoms. The third-order valence-corrected chi connectivity index (χ3v) is 7.44. The maximum Gasteiger partial charge on any atom is 0.264 e. The molecule has 1 amide bonds. The molecule has 0 aliphatic rings. The highest BCUT2D eigenvalue weighted by molar-refractivity contribution is 7.10. The maximum absolute atomic E-state index is 14.2. The van der Waals surface area contributed by atoms with Crippen molar-refractivity contribution in [2.75, 3.05) is 5.73 Å². The van der Waals surface area contributed by atoms with Gasteiger partial charge in [-0.1, -0.05) is 36.3 Å². The van der Waals surface area contributed by atoms with Crippen molar-refractivity contribution in [3.05, 3.63) is 122 Å². The van der Waals surface area contributed by atoms with E-state index in [2.05, 4.69) is 32.1 Å². The van der Waals surface area contributed by atoms with Gasteiger partial charge in [-0.05, 0) is 61.0 Å². The number of carbonyl (C=O) groups excluding carboxylic acids is 1. The topological polar surface area (TPSA) is 116 Å². The Morgan fingerprint density at radius 3 is 2.61 bits per heavy atom. The average molecular weight is 557 g/mol. The second-order valence-electron chi connectivity index (χ2n) is 9.59. The lowest BCUT2D eigenvalue weighted by Crippen LogP contribution is -2.33. The minimum atomic E-state index is -0.577. The van der Waals surface area contributed by atoms with Gasteiger partial charge in [-0.2, -0.15) is 0 Å². The van der Waals surface area contributed by atoms with Crippen LogP contribution in [0.15, 0.2) is 89.6 Å². The highest BCUT2D eigenvalue weighted by Gasteiger charge is 2.23. The standard InChI is InChI=1S/C32H24N6O2S/c1-19-13-23-16-36-30(33)28(29(23)35-15-19)31(39)37-20(2)26-14-22-8-6-7-21(11-12-25-17-34-18-41-25)27(22)32(40)38(26)24-9-4-3-5-10-24/h3-10,13-18,20H,1-2H3,(H2,33,36)(H,37,39)/t20-/m0/s1. The molecular weight excluding hydrogens is 532 g/mol. The van der Waals surface area contributed by atoms with E-state index in [1.807, 2.05) is 74.5 Å². The number of para-hydroxylation sites is 1. The predicted octanol–water partition coefficient (Wildman–Crippen LogP) is 5.17. The largest absolute Gasteiger partial charge is 0.383 e. The molecule has 41 heavy (non-hydrogen) atoms. The lowest BCUT2D eigenvalue weighted by atomic mass is 10.0. The van der Waals surface area contributed by atoms with Crippen LogP contribution in [0.25, 0.3) is 27.4 Å². The molecule has 3 N–H and O–H groups in total. The molecule has 0 saturated carbocycles. The average Bonchev–Trinajstić information content (AvgIpc) is 3.50. The summed E-state index contributed by atoms with van der Waals surface area (Å²) in [6, 6.07) is 18.2. The third kappa shape index (κ3) is 4.93. The Morgan fingerprint density at radius 2 is 1.83 bits per heavy atom. The van der Waals surface area contributed by atoms with E-state index in [0.717, 1.165) is 21.2 Å². The van der Waals surface area contributed by atoms with Crippen molar-refractivity contribution < 1.29 is 4.79 Å². The van der Waals surface area contributed by atoms with Gasteiger partial charge in [-0.25, -0.2) is 4.98 Å². The first kappa shape index (κ1) is 25.9. The molecule has 0 radical (unpaired) electrons. The number of pyridine rings is 3. The number of carbonyl (C=O) groups is 1. The van der Waals surface area contributed by atoms with Crippen molar-refractivity contribution in [1.82, 2.24) is 24.8 Å². The number of aryl methyl sites for hydroxylation is 1. The normalized spacial score (nSPS) is 11.7. The van der Waals surface area contributed by atoms with Crippen LogP contribution in [0.3, 0.4) is 0 Å². The summed E-state index contributed by atoms with van der Waals surface area (Å²) >= 11 is 1.44. The maximum atomic E-state index is 14.2. The zero-order chi connectivity index (χ0) is 28.5. The fourth-order valence-corrected chi connectivity index (χ4v) is 5.31. The summed E-state index contributed by atoms with van der Waals surface area (Å²) in [7, 11) is 0. The van der Waals surface area contributed by atoms with E-state index in [9.17, 15) is 9.59 Å². The van der Waals surface area contributed by atoms with Gasteiger partial charge in [0.2, 0.25) is 0 Å². The Labute approximate surface area is 239 Å². The number of benzene rings is 2. The highest BCUT2D eigenvalue weighted by Crippen LogP contribution is 2.26. The Kier molecular flexibility index (Phi) is 6.75. The molecule has 0 saturated heterocycles. The molecule has 4 aromatic heterocycles. The number of anilines is 1. The van der Waals surface area contributed by atoms with Crippen molar-refractivity contribution in [2.24, 2.45) is 0 Å².